The predicted molar refractivity (Wildman–Crippen MR) is 116 cm³/mol. The number of hydrogen-bond acceptors (Lipinski definition) is 5. The topological polar surface area (TPSA) is 97.1 Å². The highest BCUT2D eigenvalue weighted by Gasteiger charge is 2.51. The summed E-state index contributed by atoms with van der Waals surface area (Å²) in [5.74, 6) is -1.30. The molecule has 2 unspecified atom stereocenters. The molecule has 1 amide bonds. The summed E-state index contributed by atoms with van der Waals surface area (Å²) < 4.78 is 41.7. The summed E-state index contributed by atoms with van der Waals surface area (Å²) in [5, 5.41) is 16.7. The summed E-state index contributed by atoms with van der Waals surface area (Å²) in [6.07, 6.45) is -2.46. The first-order valence-electron chi connectivity index (χ1n) is 9.84. The van der Waals surface area contributed by atoms with E-state index < -0.39 is 34.8 Å². The average Bonchev–Trinajstić information content (AvgIpc) is 2.77. The van der Waals surface area contributed by atoms with E-state index in [1.54, 1.807) is 29.6 Å². The number of amides is 1. The fraction of sp³-hybridized carbons (Fsp3) is 0.273. The molecule has 0 fully saturated rings. The summed E-state index contributed by atoms with van der Waals surface area (Å²) >= 11 is 5.91. The molecular weight excluding hydrogens is 461 g/mol. The smallest absolute Gasteiger partial charge is 0.388 e. The molecule has 0 saturated heterocycles. The first kappa shape index (κ1) is 24.4. The fourth-order valence-electron chi connectivity index (χ4n) is 3.08. The molecular formula is C22H20ClF3N4O3. The van der Waals surface area contributed by atoms with Gasteiger partial charge in [-0.25, -0.2) is 0 Å². The van der Waals surface area contributed by atoms with Crippen molar-refractivity contribution in [2.45, 2.75) is 38.1 Å². The molecule has 2 aromatic heterocycles. The highest BCUT2D eigenvalue weighted by Crippen LogP contribution is 2.30. The van der Waals surface area contributed by atoms with Crippen molar-refractivity contribution in [2.24, 2.45) is 0 Å². The number of benzene rings is 1. The molecule has 174 valence electrons. The first-order chi connectivity index (χ1) is 15.4. The Hall–Kier alpha value is -3.24. The van der Waals surface area contributed by atoms with Crippen LogP contribution in [0.5, 0.6) is 0 Å². The molecule has 2 N–H and O–H groups in total. The number of hydrogen-bond donors (Lipinski definition) is 2. The van der Waals surface area contributed by atoms with Crippen molar-refractivity contribution in [3.05, 3.63) is 75.8 Å². The van der Waals surface area contributed by atoms with Crippen molar-refractivity contribution >= 4 is 17.5 Å². The van der Waals surface area contributed by atoms with Gasteiger partial charge in [0, 0.05) is 16.8 Å². The van der Waals surface area contributed by atoms with Gasteiger partial charge in [-0.3, -0.25) is 14.6 Å². The van der Waals surface area contributed by atoms with Crippen molar-refractivity contribution < 1.29 is 23.1 Å². The fourth-order valence-corrected chi connectivity index (χ4v) is 3.20. The lowest BCUT2D eigenvalue weighted by atomic mass is 9.92. The zero-order valence-electron chi connectivity index (χ0n) is 17.6. The van der Waals surface area contributed by atoms with Crippen LogP contribution in [-0.4, -0.2) is 43.6 Å². The first-order valence-corrected chi connectivity index (χ1v) is 10.2. The van der Waals surface area contributed by atoms with Gasteiger partial charge in [-0.1, -0.05) is 30.7 Å². The lowest BCUT2D eigenvalue weighted by Crippen LogP contribution is -2.59. The van der Waals surface area contributed by atoms with Gasteiger partial charge in [0.05, 0.1) is 23.2 Å². The van der Waals surface area contributed by atoms with Crippen molar-refractivity contribution in [1.82, 2.24) is 20.1 Å². The Bertz CT molecular complexity index is 1200. The number of halogens is 4. The Morgan fingerprint density at radius 3 is 2.45 bits per heavy atom. The average molecular weight is 481 g/mol. The zero-order valence-corrected chi connectivity index (χ0v) is 18.4. The van der Waals surface area contributed by atoms with E-state index in [2.05, 4.69) is 10.1 Å². The van der Waals surface area contributed by atoms with Crippen LogP contribution in [0, 0.1) is 0 Å². The summed E-state index contributed by atoms with van der Waals surface area (Å²) in [6.45, 7) is 2.32. The van der Waals surface area contributed by atoms with E-state index in [9.17, 15) is 27.9 Å². The second kappa shape index (κ2) is 9.32. The van der Waals surface area contributed by atoms with Crippen LogP contribution in [0.4, 0.5) is 13.2 Å². The highest BCUT2D eigenvalue weighted by molar-refractivity contribution is 6.30. The molecule has 0 spiro atoms. The quantitative estimate of drug-likeness (QED) is 0.560. The lowest BCUT2D eigenvalue weighted by Gasteiger charge is -2.34. The van der Waals surface area contributed by atoms with Gasteiger partial charge in [0.25, 0.3) is 11.5 Å². The summed E-state index contributed by atoms with van der Waals surface area (Å²) in [6, 6.07) is 7.86. The number of pyridine rings is 1. The summed E-state index contributed by atoms with van der Waals surface area (Å²) in [4.78, 5) is 29.9. The number of alkyl halides is 3. The molecule has 0 bridgehead atoms. The number of rotatable bonds is 6. The predicted octanol–water partition coefficient (Wildman–Crippen LogP) is 3.77. The molecule has 0 aliphatic heterocycles. The van der Waals surface area contributed by atoms with Gasteiger partial charge in [0.2, 0.25) is 0 Å². The molecule has 1 aromatic carbocycles. The number of carbonyl (C=O) groups is 1. The van der Waals surface area contributed by atoms with Crippen molar-refractivity contribution in [1.29, 1.82) is 0 Å². The SMILES string of the molecule is CCC(C)(O)C(NC(=O)c1cc(-c2ccc(Cl)cc2)nn(-c2cccnc2)c1=O)C(F)(F)F. The van der Waals surface area contributed by atoms with Crippen LogP contribution < -0.4 is 10.9 Å². The Labute approximate surface area is 191 Å². The highest BCUT2D eigenvalue weighted by atomic mass is 35.5. The van der Waals surface area contributed by atoms with Crippen LogP contribution >= 0.6 is 11.6 Å². The van der Waals surface area contributed by atoms with Crippen molar-refractivity contribution in [2.75, 3.05) is 0 Å². The molecule has 3 aromatic rings. The lowest BCUT2D eigenvalue weighted by molar-refractivity contribution is -0.196. The van der Waals surface area contributed by atoms with Crippen LogP contribution in [0.3, 0.4) is 0 Å². The normalized spacial score (nSPS) is 14.4. The van der Waals surface area contributed by atoms with E-state index >= 15 is 0 Å². The molecule has 33 heavy (non-hydrogen) atoms. The molecule has 2 heterocycles. The van der Waals surface area contributed by atoms with E-state index in [4.69, 9.17) is 11.6 Å². The third-order valence-corrected chi connectivity index (χ3v) is 5.38. The Balaban J connectivity index is 2.15. The molecule has 7 nitrogen and oxygen atoms in total. The molecule has 0 aliphatic rings. The number of aromatic nitrogens is 3. The summed E-state index contributed by atoms with van der Waals surface area (Å²) in [7, 11) is 0. The van der Waals surface area contributed by atoms with E-state index in [1.807, 2.05) is 0 Å². The minimum absolute atomic E-state index is 0.145. The molecule has 2 atom stereocenters. The maximum absolute atomic E-state index is 13.6. The number of aliphatic hydroxyl groups is 1. The molecule has 3 rings (SSSR count). The number of carbonyl (C=O) groups excluding carboxylic acids is 1. The van der Waals surface area contributed by atoms with E-state index in [0.717, 1.165) is 17.7 Å². The van der Waals surface area contributed by atoms with Crippen molar-refractivity contribution in [3.63, 3.8) is 0 Å². The maximum Gasteiger partial charge on any atom is 0.411 e. The van der Waals surface area contributed by atoms with E-state index in [0.29, 0.717) is 10.6 Å². The molecule has 0 saturated carbocycles. The van der Waals surface area contributed by atoms with Gasteiger partial charge in [-0.15, -0.1) is 0 Å². The largest absolute Gasteiger partial charge is 0.411 e. The summed E-state index contributed by atoms with van der Waals surface area (Å²) in [5.41, 5.74) is -3.00. The van der Waals surface area contributed by atoms with Crippen LogP contribution in [0.1, 0.15) is 30.6 Å². The van der Waals surface area contributed by atoms with Gasteiger partial charge in [-0.2, -0.15) is 23.0 Å². The number of nitrogens with zero attached hydrogens (tertiary/aromatic N) is 3. The molecule has 0 aliphatic carbocycles. The minimum atomic E-state index is -4.95. The maximum atomic E-state index is 13.6. The minimum Gasteiger partial charge on any atom is -0.388 e. The van der Waals surface area contributed by atoms with Gasteiger partial charge < -0.3 is 10.4 Å². The Morgan fingerprint density at radius 2 is 1.91 bits per heavy atom. The van der Waals surface area contributed by atoms with Crippen LogP contribution in [0.15, 0.2) is 59.7 Å². The van der Waals surface area contributed by atoms with Crippen LogP contribution in [0.2, 0.25) is 5.02 Å². The zero-order chi connectivity index (χ0) is 24.4. The van der Waals surface area contributed by atoms with E-state index in [1.165, 1.54) is 31.5 Å². The van der Waals surface area contributed by atoms with E-state index in [-0.39, 0.29) is 17.8 Å². The molecule has 0 radical (unpaired) electrons. The monoisotopic (exact) mass is 480 g/mol. The molecule has 11 heteroatoms. The van der Waals surface area contributed by atoms with Crippen molar-refractivity contribution in [3.8, 4) is 16.9 Å². The second-order valence-corrected chi connectivity index (χ2v) is 7.97. The number of nitrogens with one attached hydrogen (secondary N) is 1. The van der Waals surface area contributed by atoms with Gasteiger partial charge in [0.15, 0.2) is 6.04 Å². The van der Waals surface area contributed by atoms with Crippen LogP contribution in [0.25, 0.3) is 16.9 Å². The standard InChI is InChI=1S/C22H20ClF3N4O3/c1-3-21(2,33)20(22(24,25)26)28-18(31)16-11-17(13-6-8-14(23)9-7-13)29-30(19(16)32)15-5-4-10-27-12-15/h4-12,20,33H,3H2,1-2H3,(H,28,31). The van der Waals surface area contributed by atoms with Gasteiger partial charge in [-0.05, 0) is 43.7 Å². The van der Waals surface area contributed by atoms with Gasteiger partial charge >= 0.3 is 6.18 Å². The Morgan fingerprint density at radius 1 is 1.24 bits per heavy atom. The third kappa shape index (κ3) is 5.40. The second-order valence-electron chi connectivity index (χ2n) is 7.54. The van der Waals surface area contributed by atoms with Crippen LogP contribution in [-0.2, 0) is 0 Å². The van der Waals surface area contributed by atoms with Gasteiger partial charge in [0.1, 0.15) is 5.56 Å². The third-order valence-electron chi connectivity index (χ3n) is 5.13. The Kier molecular flexibility index (Phi) is 6.89.